The van der Waals surface area contributed by atoms with Crippen LogP contribution in [0.2, 0.25) is 0 Å². The molecule has 1 fully saturated rings. The van der Waals surface area contributed by atoms with Gasteiger partial charge in [-0.1, -0.05) is 6.92 Å². The van der Waals surface area contributed by atoms with Crippen LogP contribution in [0.4, 0.5) is 8.78 Å². The minimum Gasteiger partial charge on any atom is -0.374 e. The molecular weight excluding hydrogens is 276 g/mol. The molecule has 3 N–H and O–H groups in total. The highest BCUT2D eigenvalue weighted by Gasteiger charge is 2.28. The van der Waals surface area contributed by atoms with Crippen molar-refractivity contribution in [3.63, 3.8) is 0 Å². The van der Waals surface area contributed by atoms with E-state index in [4.69, 9.17) is 10.6 Å². The molecule has 118 valence electrons. The molecule has 1 aromatic rings. The fourth-order valence-electron chi connectivity index (χ4n) is 2.73. The van der Waals surface area contributed by atoms with Gasteiger partial charge in [0.2, 0.25) is 0 Å². The normalized spacial score (nSPS) is 21.4. The van der Waals surface area contributed by atoms with Gasteiger partial charge in [0.1, 0.15) is 11.6 Å². The average molecular weight is 299 g/mol. The van der Waals surface area contributed by atoms with E-state index in [1.165, 1.54) is 6.07 Å². The molecule has 6 heteroatoms. The average Bonchev–Trinajstić information content (AvgIpc) is 2.49. The van der Waals surface area contributed by atoms with Crippen LogP contribution in [0.5, 0.6) is 0 Å². The number of hydrogen-bond acceptors (Lipinski definition) is 4. The van der Waals surface area contributed by atoms with Gasteiger partial charge in [-0.3, -0.25) is 16.2 Å². The van der Waals surface area contributed by atoms with E-state index in [1.807, 2.05) is 0 Å². The van der Waals surface area contributed by atoms with Crippen LogP contribution in [0, 0.1) is 11.6 Å². The van der Waals surface area contributed by atoms with Gasteiger partial charge in [-0.2, -0.15) is 0 Å². The second kappa shape index (κ2) is 7.79. The summed E-state index contributed by atoms with van der Waals surface area (Å²) in [5, 5.41) is 0. The number of ether oxygens (including phenoxy) is 1. The smallest absolute Gasteiger partial charge is 0.126 e. The van der Waals surface area contributed by atoms with Crippen molar-refractivity contribution in [2.45, 2.75) is 31.9 Å². The number of hydrogen-bond donors (Lipinski definition) is 2. The fourth-order valence-corrected chi connectivity index (χ4v) is 2.73. The molecule has 0 aromatic heterocycles. The number of nitrogens with zero attached hydrogens (tertiary/aromatic N) is 1. The van der Waals surface area contributed by atoms with Crippen LogP contribution < -0.4 is 11.3 Å². The lowest BCUT2D eigenvalue weighted by Gasteiger charge is -2.36. The third kappa shape index (κ3) is 4.44. The summed E-state index contributed by atoms with van der Waals surface area (Å²) >= 11 is 0. The Labute approximate surface area is 124 Å². The molecule has 1 saturated heterocycles. The Morgan fingerprint density at radius 3 is 3.00 bits per heavy atom. The molecule has 2 atom stereocenters. The highest BCUT2D eigenvalue weighted by molar-refractivity contribution is 5.20. The van der Waals surface area contributed by atoms with Gasteiger partial charge < -0.3 is 4.74 Å². The lowest BCUT2D eigenvalue weighted by atomic mass is 10.00. The van der Waals surface area contributed by atoms with Crippen LogP contribution in [0.25, 0.3) is 0 Å². The lowest BCUT2D eigenvalue weighted by Crippen LogP contribution is -2.55. The summed E-state index contributed by atoms with van der Waals surface area (Å²) in [6.45, 7) is 5.42. The second-order valence-corrected chi connectivity index (χ2v) is 5.42. The first kappa shape index (κ1) is 16.3. The van der Waals surface area contributed by atoms with E-state index in [1.54, 1.807) is 0 Å². The SMILES string of the molecule is CCCN1CCOC(C(Cc2cc(F)ccc2F)NN)C1. The maximum Gasteiger partial charge on any atom is 0.126 e. The molecule has 0 aliphatic carbocycles. The van der Waals surface area contributed by atoms with Crippen molar-refractivity contribution in [2.24, 2.45) is 5.84 Å². The van der Waals surface area contributed by atoms with E-state index in [2.05, 4.69) is 17.2 Å². The summed E-state index contributed by atoms with van der Waals surface area (Å²) in [4.78, 5) is 2.31. The third-order valence-corrected chi connectivity index (χ3v) is 3.83. The Morgan fingerprint density at radius 1 is 1.48 bits per heavy atom. The van der Waals surface area contributed by atoms with Gasteiger partial charge in [-0.05, 0) is 43.1 Å². The summed E-state index contributed by atoms with van der Waals surface area (Å²) in [6, 6.07) is 3.22. The molecule has 1 aromatic carbocycles. The van der Waals surface area contributed by atoms with Crippen molar-refractivity contribution in [1.82, 2.24) is 10.3 Å². The van der Waals surface area contributed by atoms with E-state index >= 15 is 0 Å². The summed E-state index contributed by atoms with van der Waals surface area (Å²) < 4.78 is 32.7. The number of nitrogens with one attached hydrogen (secondary N) is 1. The zero-order valence-corrected chi connectivity index (χ0v) is 12.3. The molecule has 2 unspecified atom stereocenters. The summed E-state index contributed by atoms with van der Waals surface area (Å²) in [5.74, 6) is 4.73. The largest absolute Gasteiger partial charge is 0.374 e. The Balaban J connectivity index is 2.03. The topological polar surface area (TPSA) is 50.5 Å². The summed E-state index contributed by atoms with van der Waals surface area (Å²) in [7, 11) is 0. The molecule has 0 saturated carbocycles. The number of morpholine rings is 1. The van der Waals surface area contributed by atoms with Gasteiger partial charge in [0.05, 0.1) is 18.8 Å². The van der Waals surface area contributed by atoms with Crippen molar-refractivity contribution >= 4 is 0 Å². The lowest BCUT2D eigenvalue weighted by molar-refractivity contribution is -0.0463. The van der Waals surface area contributed by atoms with Gasteiger partial charge in [-0.15, -0.1) is 0 Å². The molecule has 21 heavy (non-hydrogen) atoms. The first-order chi connectivity index (χ1) is 10.1. The van der Waals surface area contributed by atoms with E-state index in [0.717, 1.165) is 38.2 Å². The molecule has 4 nitrogen and oxygen atoms in total. The third-order valence-electron chi connectivity index (χ3n) is 3.83. The quantitative estimate of drug-likeness (QED) is 0.617. The van der Waals surface area contributed by atoms with Crippen molar-refractivity contribution in [3.8, 4) is 0 Å². The molecule has 1 heterocycles. The zero-order chi connectivity index (χ0) is 15.2. The Hall–Kier alpha value is -1.08. The van der Waals surface area contributed by atoms with Crippen LogP contribution >= 0.6 is 0 Å². The van der Waals surface area contributed by atoms with Crippen molar-refractivity contribution in [2.75, 3.05) is 26.2 Å². The molecular formula is C15H23F2N3O. The molecule has 0 radical (unpaired) electrons. The molecule has 1 aliphatic heterocycles. The summed E-state index contributed by atoms with van der Waals surface area (Å²) in [6.07, 6.45) is 1.24. The van der Waals surface area contributed by atoms with Crippen LogP contribution in [0.3, 0.4) is 0 Å². The highest BCUT2D eigenvalue weighted by Crippen LogP contribution is 2.16. The molecule has 1 aliphatic rings. The van der Waals surface area contributed by atoms with Gasteiger partial charge in [0.25, 0.3) is 0 Å². The highest BCUT2D eigenvalue weighted by atomic mass is 19.1. The van der Waals surface area contributed by atoms with Gasteiger partial charge >= 0.3 is 0 Å². The predicted molar refractivity (Wildman–Crippen MR) is 77.6 cm³/mol. The fraction of sp³-hybridized carbons (Fsp3) is 0.600. The van der Waals surface area contributed by atoms with Crippen LogP contribution in [0.15, 0.2) is 18.2 Å². The van der Waals surface area contributed by atoms with E-state index in [9.17, 15) is 8.78 Å². The molecule has 0 amide bonds. The van der Waals surface area contributed by atoms with Crippen molar-refractivity contribution in [3.05, 3.63) is 35.4 Å². The first-order valence-electron chi connectivity index (χ1n) is 7.38. The van der Waals surface area contributed by atoms with Gasteiger partial charge in [0.15, 0.2) is 0 Å². The number of halogens is 2. The van der Waals surface area contributed by atoms with Gasteiger partial charge in [0, 0.05) is 13.1 Å². The molecule has 2 rings (SSSR count). The van der Waals surface area contributed by atoms with Crippen LogP contribution in [-0.4, -0.2) is 43.3 Å². The van der Waals surface area contributed by atoms with E-state index < -0.39 is 11.6 Å². The monoisotopic (exact) mass is 299 g/mol. The maximum absolute atomic E-state index is 13.7. The summed E-state index contributed by atoms with van der Waals surface area (Å²) in [5.41, 5.74) is 3.00. The van der Waals surface area contributed by atoms with Crippen molar-refractivity contribution in [1.29, 1.82) is 0 Å². The first-order valence-corrected chi connectivity index (χ1v) is 7.38. The maximum atomic E-state index is 13.7. The van der Waals surface area contributed by atoms with Crippen LogP contribution in [-0.2, 0) is 11.2 Å². The second-order valence-electron chi connectivity index (χ2n) is 5.42. The minimum absolute atomic E-state index is 0.127. The molecule has 0 bridgehead atoms. The van der Waals surface area contributed by atoms with E-state index in [-0.39, 0.29) is 12.1 Å². The van der Waals surface area contributed by atoms with Crippen LogP contribution in [0.1, 0.15) is 18.9 Å². The Morgan fingerprint density at radius 2 is 2.29 bits per heavy atom. The predicted octanol–water partition coefficient (Wildman–Crippen LogP) is 1.45. The Kier molecular flexibility index (Phi) is 6.05. The number of nitrogens with two attached hydrogens (primary N) is 1. The van der Waals surface area contributed by atoms with Gasteiger partial charge in [-0.25, -0.2) is 8.78 Å². The zero-order valence-electron chi connectivity index (χ0n) is 12.3. The number of hydrazine groups is 1. The van der Waals surface area contributed by atoms with Crippen molar-refractivity contribution < 1.29 is 13.5 Å². The number of benzene rings is 1. The minimum atomic E-state index is -0.445. The Bertz CT molecular complexity index is 457. The molecule has 0 spiro atoms. The van der Waals surface area contributed by atoms with E-state index in [0.29, 0.717) is 18.6 Å². The standard InChI is InChI=1S/C15H23F2N3O/c1-2-5-20-6-7-21-15(10-20)14(19-18)9-11-8-12(16)3-4-13(11)17/h3-4,8,14-15,19H,2,5-7,9-10,18H2,1H3. The number of rotatable bonds is 6.